The highest BCUT2D eigenvalue weighted by atomic mass is 16.5. The number of Topliss-reactive ketones (excluding diaryl/α,β-unsaturated/α-hetero) is 1. The molecule has 0 aliphatic heterocycles. The van der Waals surface area contributed by atoms with Crippen LogP contribution in [0.15, 0.2) is 78.9 Å². The van der Waals surface area contributed by atoms with Gasteiger partial charge in [0.25, 0.3) is 0 Å². The highest BCUT2D eigenvalue weighted by Gasteiger charge is 2.17. The smallest absolute Gasteiger partial charge is 0.339 e. The maximum Gasteiger partial charge on any atom is 0.339 e. The molecule has 0 aliphatic rings. The number of benzene rings is 3. The molecule has 0 bridgehead atoms. The SMILES string of the molecule is CCc1ccc(-c2cc(C(=O)OCC(=O)c3ccccc3)c3cc(C)ccc3n2)cc1. The fraction of sp³-hybridized carbons (Fsp3) is 0.148. The molecule has 1 aromatic heterocycles. The van der Waals surface area contributed by atoms with Gasteiger partial charge in [0.1, 0.15) is 0 Å². The predicted molar refractivity (Wildman–Crippen MR) is 122 cm³/mol. The topological polar surface area (TPSA) is 56.3 Å². The summed E-state index contributed by atoms with van der Waals surface area (Å²) in [6, 6.07) is 24.5. The molecule has 0 unspecified atom stereocenters. The van der Waals surface area contributed by atoms with E-state index in [9.17, 15) is 9.59 Å². The lowest BCUT2D eigenvalue weighted by Crippen LogP contribution is -2.15. The molecule has 3 aromatic carbocycles. The van der Waals surface area contributed by atoms with Crippen molar-refractivity contribution < 1.29 is 14.3 Å². The number of carbonyl (C=O) groups excluding carboxylic acids is 2. The zero-order valence-corrected chi connectivity index (χ0v) is 17.6. The van der Waals surface area contributed by atoms with Crippen molar-refractivity contribution in [2.45, 2.75) is 20.3 Å². The van der Waals surface area contributed by atoms with Gasteiger partial charge >= 0.3 is 5.97 Å². The van der Waals surface area contributed by atoms with Crippen LogP contribution in [0.2, 0.25) is 0 Å². The second-order valence-corrected chi connectivity index (χ2v) is 7.49. The number of hydrogen-bond acceptors (Lipinski definition) is 4. The molecule has 0 aliphatic carbocycles. The van der Waals surface area contributed by atoms with Crippen molar-refractivity contribution in [2.75, 3.05) is 6.61 Å². The summed E-state index contributed by atoms with van der Waals surface area (Å²) in [4.78, 5) is 30.1. The van der Waals surface area contributed by atoms with E-state index in [1.165, 1.54) is 5.56 Å². The molecular formula is C27H23NO3. The van der Waals surface area contributed by atoms with Crippen molar-refractivity contribution in [2.24, 2.45) is 0 Å². The number of hydrogen-bond donors (Lipinski definition) is 0. The Labute approximate surface area is 181 Å². The average Bonchev–Trinajstić information content (AvgIpc) is 2.82. The summed E-state index contributed by atoms with van der Waals surface area (Å²) in [5, 5.41) is 0.714. The Kier molecular flexibility index (Phi) is 5.89. The first-order chi connectivity index (χ1) is 15.0. The Bertz CT molecular complexity index is 1240. The first-order valence-electron chi connectivity index (χ1n) is 10.3. The number of fused-ring (bicyclic) bond motifs is 1. The summed E-state index contributed by atoms with van der Waals surface area (Å²) in [7, 11) is 0. The van der Waals surface area contributed by atoms with Gasteiger partial charge in [0.05, 0.1) is 16.8 Å². The van der Waals surface area contributed by atoms with Gasteiger partial charge in [0.15, 0.2) is 12.4 Å². The summed E-state index contributed by atoms with van der Waals surface area (Å²) in [6.45, 7) is 3.76. The van der Waals surface area contributed by atoms with Crippen molar-refractivity contribution in [3.63, 3.8) is 0 Å². The average molecular weight is 409 g/mol. The highest BCUT2D eigenvalue weighted by molar-refractivity contribution is 6.06. The van der Waals surface area contributed by atoms with E-state index < -0.39 is 5.97 Å². The number of aromatic nitrogens is 1. The first-order valence-corrected chi connectivity index (χ1v) is 10.3. The van der Waals surface area contributed by atoms with Crippen LogP contribution in [0.3, 0.4) is 0 Å². The van der Waals surface area contributed by atoms with E-state index in [1.54, 1.807) is 30.3 Å². The van der Waals surface area contributed by atoms with E-state index in [4.69, 9.17) is 9.72 Å². The van der Waals surface area contributed by atoms with Gasteiger partial charge in [-0.15, -0.1) is 0 Å². The van der Waals surface area contributed by atoms with Gasteiger partial charge in [-0.3, -0.25) is 4.79 Å². The summed E-state index contributed by atoms with van der Waals surface area (Å²) in [5.41, 5.74) is 5.51. The first kappa shape index (κ1) is 20.5. The molecule has 0 N–H and O–H groups in total. The summed E-state index contributed by atoms with van der Waals surface area (Å²) >= 11 is 0. The molecule has 4 aromatic rings. The van der Waals surface area contributed by atoms with E-state index in [0.717, 1.165) is 17.5 Å². The minimum Gasteiger partial charge on any atom is -0.454 e. The number of aryl methyl sites for hydroxylation is 2. The third-order valence-corrected chi connectivity index (χ3v) is 5.27. The molecule has 0 saturated carbocycles. The van der Waals surface area contributed by atoms with Gasteiger partial charge < -0.3 is 4.74 Å². The Balaban J connectivity index is 1.68. The van der Waals surface area contributed by atoms with Gasteiger partial charge in [-0.2, -0.15) is 0 Å². The quantitative estimate of drug-likeness (QED) is 0.298. The fourth-order valence-electron chi connectivity index (χ4n) is 3.48. The van der Waals surface area contributed by atoms with Crippen LogP contribution in [-0.4, -0.2) is 23.3 Å². The Morgan fingerprint density at radius 3 is 2.35 bits per heavy atom. The van der Waals surface area contributed by atoms with Crippen LogP contribution in [0.4, 0.5) is 0 Å². The third kappa shape index (κ3) is 4.53. The molecule has 1 heterocycles. The molecule has 0 amide bonds. The van der Waals surface area contributed by atoms with E-state index >= 15 is 0 Å². The van der Waals surface area contributed by atoms with Crippen LogP contribution in [-0.2, 0) is 11.2 Å². The van der Waals surface area contributed by atoms with Crippen LogP contribution < -0.4 is 0 Å². The van der Waals surface area contributed by atoms with Crippen LogP contribution in [0, 0.1) is 6.92 Å². The standard InChI is InChI=1S/C27H23NO3/c1-3-19-10-12-20(13-11-19)25-16-23(22-15-18(2)9-14-24(22)28-25)27(30)31-17-26(29)21-7-5-4-6-8-21/h4-16H,3,17H2,1-2H3. The normalized spacial score (nSPS) is 10.8. The molecule has 31 heavy (non-hydrogen) atoms. The number of carbonyl (C=O) groups is 2. The van der Waals surface area contributed by atoms with Gasteiger partial charge in [-0.1, -0.05) is 73.2 Å². The molecular weight excluding hydrogens is 386 g/mol. The number of rotatable bonds is 6. The Hall–Kier alpha value is -3.79. The molecule has 0 spiro atoms. The summed E-state index contributed by atoms with van der Waals surface area (Å²) < 4.78 is 5.40. The predicted octanol–water partition coefficient (Wildman–Crippen LogP) is 5.81. The van der Waals surface area contributed by atoms with Crippen LogP contribution in [0.25, 0.3) is 22.2 Å². The van der Waals surface area contributed by atoms with E-state index in [2.05, 4.69) is 19.1 Å². The summed E-state index contributed by atoms with van der Waals surface area (Å²) in [6.07, 6.45) is 0.956. The second-order valence-electron chi connectivity index (χ2n) is 7.49. The molecule has 0 fully saturated rings. The lowest BCUT2D eigenvalue weighted by atomic mass is 10.0. The molecule has 0 saturated heterocycles. The largest absolute Gasteiger partial charge is 0.454 e. The van der Waals surface area contributed by atoms with Crippen molar-refractivity contribution in [1.29, 1.82) is 0 Å². The molecule has 0 radical (unpaired) electrons. The fourth-order valence-corrected chi connectivity index (χ4v) is 3.48. The third-order valence-electron chi connectivity index (χ3n) is 5.27. The second kappa shape index (κ2) is 8.92. The Morgan fingerprint density at radius 2 is 1.65 bits per heavy atom. The minimum absolute atomic E-state index is 0.237. The zero-order valence-electron chi connectivity index (χ0n) is 17.6. The van der Waals surface area contributed by atoms with E-state index in [1.807, 2.05) is 43.3 Å². The molecule has 4 nitrogen and oxygen atoms in total. The van der Waals surface area contributed by atoms with Gasteiger partial charge in [-0.05, 0) is 37.1 Å². The van der Waals surface area contributed by atoms with E-state index in [0.29, 0.717) is 27.7 Å². The number of ketones is 1. The minimum atomic E-state index is -0.534. The lowest BCUT2D eigenvalue weighted by Gasteiger charge is -2.11. The van der Waals surface area contributed by atoms with Crippen molar-refractivity contribution >= 4 is 22.7 Å². The molecule has 4 heteroatoms. The number of nitrogens with zero attached hydrogens (tertiary/aromatic N) is 1. The number of esters is 1. The Morgan fingerprint density at radius 1 is 0.903 bits per heavy atom. The van der Waals surface area contributed by atoms with Gasteiger partial charge in [0.2, 0.25) is 0 Å². The molecule has 4 rings (SSSR count). The van der Waals surface area contributed by atoms with Crippen LogP contribution >= 0.6 is 0 Å². The highest BCUT2D eigenvalue weighted by Crippen LogP contribution is 2.27. The van der Waals surface area contributed by atoms with Crippen LogP contribution in [0.1, 0.15) is 38.8 Å². The van der Waals surface area contributed by atoms with Gasteiger partial charge in [0, 0.05) is 16.5 Å². The van der Waals surface area contributed by atoms with Gasteiger partial charge in [-0.25, -0.2) is 9.78 Å². The van der Waals surface area contributed by atoms with Crippen molar-refractivity contribution in [1.82, 2.24) is 4.98 Å². The lowest BCUT2D eigenvalue weighted by molar-refractivity contribution is 0.0476. The van der Waals surface area contributed by atoms with Crippen molar-refractivity contribution in [3.8, 4) is 11.3 Å². The molecule has 154 valence electrons. The monoisotopic (exact) mass is 409 g/mol. The molecule has 0 atom stereocenters. The number of pyridine rings is 1. The van der Waals surface area contributed by atoms with Crippen LogP contribution in [0.5, 0.6) is 0 Å². The number of ether oxygens (including phenoxy) is 1. The summed E-state index contributed by atoms with van der Waals surface area (Å²) in [5.74, 6) is -0.771. The van der Waals surface area contributed by atoms with Crippen molar-refractivity contribution in [3.05, 3.63) is 101 Å². The maximum atomic E-state index is 13.0. The zero-order chi connectivity index (χ0) is 21.8. The maximum absolute atomic E-state index is 13.0. The van der Waals surface area contributed by atoms with E-state index in [-0.39, 0.29) is 12.4 Å².